The van der Waals surface area contributed by atoms with Crippen molar-refractivity contribution >= 4 is 5.91 Å². The van der Waals surface area contributed by atoms with E-state index in [1.807, 2.05) is 6.92 Å². The van der Waals surface area contributed by atoms with E-state index in [0.717, 1.165) is 28.5 Å². The first-order valence-corrected chi connectivity index (χ1v) is 8.49. The second-order valence-electron chi connectivity index (χ2n) is 7.27. The lowest BCUT2D eigenvalue weighted by Crippen LogP contribution is -2.36. The lowest BCUT2D eigenvalue weighted by Gasteiger charge is -2.16. The van der Waals surface area contributed by atoms with Crippen LogP contribution < -0.4 is 9.74 Å². The number of H-pyrrole nitrogens is 1. The Morgan fingerprint density at radius 1 is 1.46 bits per heavy atom. The van der Waals surface area contributed by atoms with Gasteiger partial charge in [-0.15, -0.1) is 0 Å². The van der Waals surface area contributed by atoms with Crippen LogP contribution in [0.3, 0.4) is 0 Å². The first-order valence-electron chi connectivity index (χ1n) is 8.49. The van der Waals surface area contributed by atoms with Crippen LogP contribution in [0.25, 0.3) is 5.82 Å². The fourth-order valence-electron chi connectivity index (χ4n) is 3.44. The van der Waals surface area contributed by atoms with E-state index in [1.54, 1.807) is 10.9 Å². The predicted octanol–water partition coefficient (Wildman–Crippen LogP) is 1.55. The Bertz CT molecular complexity index is 866. The molecule has 7 heteroatoms. The molecule has 126 valence electrons. The molecule has 2 aromatic rings. The summed E-state index contributed by atoms with van der Waals surface area (Å²) in [5.41, 5.74) is 2.63. The van der Waals surface area contributed by atoms with Gasteiger partial charge >= 0.3 is 0 Å². The van der Waals surface area contributed by atoms with Gasteiger partial charge in [0.05, 0.1) is 16.3 Å². The molecule has 0 radical (unpaired) electrons. The Morgan fingerprint density at radius 2 is 2.25 bits per heavy atom. The highest BCUT2D eigenvalue weighted by atomic mass is 16.3. The van der Waals surface area contributed by atoms with Gasteiger partial charge in [0.2, 0.25) is 12.0 Å². The minimum atomic E-state index is -0.126. The molecule has 1 fully saturated rings. The van der Waals surface area contributed by atoms with Crippen molar-refractivity contribution in [3.05, 3.63) is 40.4 Å². The van der Waals surface area contributed by atoms with Gasteiger partial charge in [-0.05, 0) is 31.6 Å². The fourth-order valence-corrected chi connectivity index (χ4v) is 3.44. The van der Waals surface area contributed by atoms with Crippen molar-refractivity contribution in [3.63, 3.8) is 0 Å². The summed E-state index contributed by atoms with van der Waals surface area (Å²) in [6, 6.07) is 0.0846. The van der Waals surface area contributed by atoms with Crippen LogP contribution in [-0.2, 0) is 6.42 Å². The van der Waals surface area contributed by atoms with Crippen molar-refractivity contribution in [3.8, 4) is 5.82 Å². The molecule has 2 aliphatic carbocycles. The van der Waals surface area contributed by atoms with Gasteiger partial charge in [0.1, 0.15) is 0 Å². The molecule has 2 aliphatic rings. The molecule has 24 heavy (non-hydrogen) atoms. The number of carbonyl (C=O) groups is 1. The average Bonchev–Trinajstić information content (AvgIpc) is 3.03. The highest BCUT2D eigenvalue weighted by Gasteiger charge is 2.50. The number of aromatic nitrogens is 4. The number of hydrogen-bond acceptors (Lipinski definition) is 3. The molecule has 0 bridgehead atoms. The number of rotatable bonds is 4. The lowest BCUT2D eigenvalue weighted by atomic mass is 10.1. The van der Waals surface area contributed by atoms with Gasteiger partial charge in [-0.1, -0.05) is 13.8 Å². The molecule has 0 aliphatic heterocycles. The summed E-state index contributed by atoms with van der Waals surface area (Å²) in [4.78, 5) is 27.3. The third-order valence-electron chi connectivity index (χ3n) is 5.27. The Morgan fingerprint density at radius 3 is 2.96 bits per heavy atom. The summed E-state index contributed by atoms with van der Waals surface area (Å²) in [5.74, 6) is 1.91. The van der Waals surface area contributed by atoms with Crippen LogP contribution in [-0.4, -0.2) is 26.7 Å². The summed E-state index contributed by atoms with van der Waals surface area (Å²) < 4.78 is 2.48. The van der Waals surface area contributed by atoms with Crippen molar-refractivity contribution in [1.29, 1.82) is 0 Å². The van der Waals surface area contributed by atoms with Crippen molar-refractivity contribution in [2.24, 2.45) is 11.8 Å². The minimum absolute atomic E-state index is 0.0846. The van der Waals surface area contributed by atoms with Crippen LogP contribution in [0.15, 0.2) is 18.6 Å². The van der Waals surface area contributed by atoms with Crippen LogP contribution in [0.4, 0.5) is 0 Å². The van der Waals surface area contributed by atoms with Gasteiger partial charge in [-0.25, -0.2) is 4.68 Å². The quantitative estimate of drug-likeness (QED) is 0.835. The average molecular weight is 328 g/mol. The van der Waals surface area contributed by atoms with Crippen LogP contribution in [0.5, 0.6) is 0 Å². The molecule has 4 rings (SSSR count). The summed E-state index contributed by atoms with van der Waals surface area (Å²) >= 11 is 0. The zero-order valence-electron chi connectivity index (χ0n) is 14.1. The Labute approximate surface area is 139 Å². The van der Waals surface area contributed by atoms with E-state index in [4.69, 9.17) is 0 Å². The second-order valence-corrected chi connectivity index (χ2v) is 7.27. The Balaban J connectivity index is 1.75. The first-order chi connectivity index (χ1) is 11.5. The summed E-state index contributed by atoms with van der Waals surface area (Å²) in [7, 11) is 0. The molecular weight excluding hydrogens is 306 g/mol. The van der Waals surface area contributed by atoms with Crippen molar-refractivity contribution in [2.75, 3.05) is 0 Å². The zero-order chi connectivity index (χ0) is 17.0. The number of nitrogens with zero attached hydrogens (tertiary/aromatic N) is 3. The zero-order valence-corrected chi connectivity index (χ0v) is 14.1. The number of nitrogens with one attached hydrogen (secondary N) is 2. The minimum Gasteiger partial charge on any atom is -0.348 e. The van der Waals surface area contributed by atoms with Crippen LogP contribution in [0.1, 0.15) is 54.9 Å². The molecule has 1 amide bonds. The molecule has 1 unspecified atom stereocenters. The maximum absolute atomic E-state index is 12.7. The van der Waals surface area contributed by atoms with Crippen LogP contribution >= 0.6 is 0 Å². The van der Waals surface area contributed by atoms with Crippen molar-refractivity contribution < 1.29 is 9.22 Å². The van der Waals surface area contributed by atoms with E-state index in [1.165, 1.54) is 12.4 Å². The highest BCUT2D eigenvalue weighted by Crippen LogP contribution is 2.57. The van der Waals surface area contributed by atoms with Crippen LogP contribution in [0.2, 0.25) is 0 Å². The Hall–Kier alpha value is -2.44. The molecule has 0 spiro atoms. The number of amides is 1. The molecule has 0 saturated heterocycles. The molecule has 2 N–H and O–H groups in total. The maximum atomic E-state index is 12.7. The number of fused-ring (bicyclic) bond motifs is 3. The van der Waals surface area contributed by atoms with E-state index in [2.05, 4.69) is 29.2 Å². The predicted molar refractivity (Wildman–Crippen MR) is 87.6 cm³/mol. The van der Waals surface area contributed by atoms with Gasteiger partial charge < -0.3 is 10.3 Å². The van der Waals surface area contributed by atoms with Gasteiger partial charge in [0.15, 0.2) is 5.69 Å². The smallest absolute Gasteiger partial charge is 0.272 e. The molecular formula is C17H22N5O2+. The van der Waals surface area contributed by atoms with E-state index < -0.39 is 0 Å². The molecule has 7 nitrogen and oxygen atoms in total. The maximum Gasteiger partial charge on any atom is 0.272 e. The summed E-state index contributed by atoms with van der Waals surface area (Å²) in [5, 5.41) is 7.59. The number of aromatic amines is 1. The molecule has 0 aromatic carbocycles. The third-order valence-corrected chi connectivity index (χ3v) is 5.27. The van der Waals surface area contributed by atoms with Crippen LogP contribution in [0, 0.1) is 16.7 Å². The van der Waals surface area contributed by atoms with Gasteiger partial charge in [0.25, 0.3) is 12.1 Å². The van der Waals surface area contributed by atoms with E-state index in [-0.39, 0.29) is 11.9 Å². The van der Waals surface area contributed by atoms with E-state index in [0.29, 0.717) is 29.3 Å². The normalized spacial score (nSPS) is 22.2. The first kappa shape index (κ1) is 15.1. The number of carbonyl (C=O) groups excluding carboxylic acids is 1. The highest BCUT2D eigenvalue weighted by molar-refractivity contribution is 5.94. The molecule has 2 heterocycles. The van der Waals surface area contributed by atoms with Gasteiger partial charge in [0, 0.05) is 22.4 Å². The third kappa shape index (κ3) is 2.35. The standard InChI is InChI=1S/C17H21N5O2/c1-9(2)10(3)19-17(23)15-13-7-11-6-12(11)16(13)22(20-15)14-8-21(24)5-4-18-14/h4-5,8-12H,6-7H2,1-3H3,(H-,18,19,23,24)/p+1/t10-,11?,12-/m1/s1. The van der Waals surface area contributed by atoms with Gasteiger partial charge in [-0.3, -0.25) is 4.79 Å². The summed E-state index contributed by atoms with van der Waals surface area (Å²) in [6.45, 7) is 6.16. The molecule has 3 atom stereocenters. The largest absolute Gasteiger partial charge is 0.348 e. The Kier molecular flexibility index (Phi) is 3.33. The monoisotopic (exact) mass is 328 g/mol. The topological polar surface area (TPSA) is 85.7 Å². The fraction of sp³-hybridized carbons (Fsp3) is 0.529. The van der Waals surface area contributed by atoms with E-state index >= 15 is 0 Å². The molecule has 2 aromatic heterocycles. The molecule has 1 saturated carbocycles. The number of hydrogen-bond donors (Lipinski definition) is 2. The SMILES string of the molecule is CC(C)[C@@H](C)NC(=O)c1nn(-c2c[n+](=O)cc[nH]2)c2c1CC1C[C@@H]21. The lowest BCUT2D eigenvalue weighted by molar-refractivity contribution is -0.495. The van der Waals surface area contributed by atoms with E-state index in [9.17, 15) is 9.70 Å². The van der Waals surface area contributed by atoms with Crippen molar-refractivity contribution in [2.45, 2.75) is 45.6 Å². The summed E-state index contributed by atoms with van der Waals surface area (Å²) in [6.07, 6.45) is 6.47. The second kappa shape index (κ2) is 5.29. The van der Waals surface area contributed by atoms with Gasteiger partial charge in [-0.2, -0.15) is 5.10 Å². The van der Waals surface area contributed by atoms with Crippen molar-refractivity contribution in [1.82, 2.24) is 20.1 Å².